The van der Waals surface area contributed by atoms with Gasteiger partial charge >= 0.3 is 0 Å². The van der Waals surface area contributed by atoms with Crippen molar-refractivity contribution in [2.45, 2.75) is 18.9 Å². The average molecular weight is 158 g/mol. The van der Waals surface area contributed by atoms with Gasteiger partial charge in [0, 0.05) is 28.3 Å². The molecule has 0 aliphatic carbocycles. The van der Waals surface area contributed by atoms with E-state index in [-0.39, 0.29) is 6.04 Å². The number of hydrogen-bond donors (Lipinski definition) is 1. The van der Waals surface area contributed by atoms with Gasteiger partial charge in [-0.15, -0.1) is 0 Å². The summed E-state index contributed by atoms with van der Waals surface area (Å²) < 4.78 is 10.8. The first-order valence-corrected chi connectivity index (χ1v) is 4.81. The van der Waals surface area contributed by atoms with E-state index in [0.717, 1.165) is 24.3 Å². The second kappa shape index (κ2) is 3.57. The molecule has 0 aromatic heterocycles. The summed E-state index contributed by atoms with van der Waals surface area (Å²) in [4.78, 5) is 0. The summed E-state index contributed by atoms with van der Waals surface area (Å²) in [5.74, 6) is 1.50. The number of nitrogens with one attached hydrogen (secondary N) is 1. The van der Waals surface area contributed by atoms with Gasteiger partial charge in [-0.2, -0.15) is 5.26 Å². The molecular formula is C6H10N2OS. The fraction of sp³-hybridized carbons (Fsp3) is 0.833. The van der Waals surface area contributed by atoms with Crippen molar-refractivity contribution in [2.75, 3.05) is 11.5 Å². The van der Waals surface area contributed by atoms with Crippen molar-refractivity contribution in [2.24, 2.45) is 0 Å². The van der Waals surface area contributed by atoms with Crippen LogP contribution in [0.2, 0.25) is 0 Å². The molecule has 1 aliphatic heterocycles. The maximum absolute atomic E-state index is 10.8. The summed E-state index contributed by atoms with van der Waals surface area (Å²) in [6.07, 6.45) is 3.65. The molecule has 1 saturated heterocycles. The third-order valence-electron chi connectivity index (χ3n) is 1.66. The number of nitriles is 1. The molecule has 10 heavy (non-hydrogen) atoms. The lowest BCUT2D eigenvalue weighted by Gasteiger charge is -2.18. The number of hydrogen-bond acceptors (Lipinski definition) is 3. The minimum atomic E-state index is -0.614. The Balaban J connectivity index is 2.27. The SMILES string of the molecule is N#CNC1CCS(=O)CC1. The zero-order valence-corrected chi connectivity index (χ0v) is 6.49. The van der Waals surface area contributed by atoms with Gasteiger partial charge in [-0.25, -0.2) is 0 Å². The third-order valence-corrected chi connectivity index (χ3v) is 3.04. The van der Waals surface area contributed by atoms with Gasteiger partial charge in [0.15, 0.2) is 6.19 Å². The van der Waals surface area contributed by atoms with Crippen molar-refractivity contribution in [3.8, 4) is 6.19 Å². The third kappa shape index (κ3) is 1.99. The molecule has 1 N–H and O–H groups in total. The van der Waals surface area contributed by atoms with E-state index >= 15 is 0 Å². The van der Waals surface area contributed by atoms with Crippen molar-refractivity contribution in [1.82, 2.24) is 5.32 Å². The standard InChI is InChI=1S/C6H10N2OS/c7-5-8-6-1-3-10(9)4-2-6/h6,8H,1-4H2. The largest absolute Gasteiger partial charge is 0.321 e. The second-order valence-corrected chi connectivity index (χ2v) is 4.07. The van der Waals surface area contributed by atoms with Crippen LogP contribution in [0.5, 0.6) is 0 Å². The predicted molar refractivity (Wildman–Crippen MR) is 39.6 cm³/mol. The molecule has 1 aliphatic rings. The van der Waals surface area contributed by atoms with E-state index in [1.807, 2.05) is 6.19 Å². The molecule has 56 valence electrons. The minimum absolute atomic E-state index is 0.280. The lowest BCUT2D eigenvalue weighted by atomic mass is 10.2. The topological polar surface area (TPSA) is 52.9 Å². The molecule has 1 rings (SSSR count). The van der Waals surface area contributed by atoms with Crippen molar-refractivity contribution in [1.29, 1.82) is 5.26 Å². The van der Waals surface area contributed by atoms with Crippen LogP contribution in [0.25, 0.3) is 0 Å². The highest BCUT2D eigenvalue weighted by Gasteiger charge is 2.16. The number of nitrogens with zero attached hydrogens (tertiary/aromatic N) is 1. The molecule has 0 amide bonds. The zero-order valence-electron chi connectivity index (χ0n) is 5.67. The molecule has 0 spiro atoms. The molecule has 0 radical (unpaired) electrons. The lowest BCUT2D eigenvalue weighted by molar-refractivity contribution is 0.541. The first-order valence-electron chi connectivity index (χ1n) is 3.32. The highest BCUT2D eigenvalue weighted by Crippen LogP contribution is 2.07. The van der Waals surface area contributed by atoms with Crippen LogP contribution < -0.4 is 5.32 Å². The fourth-order valence-electron chi connectivity index (χ4n) is 1.03. The summed E-state index contributed by atoms with van der Waals surface area (Å²) in [7, 11) is -0.614. The fourth-order valence-corrected chi connectivity index (χ4v) is 2.33. The summed E-state index contributed by atoms with van der Waals surface area (Å²) in [5.41, 5.74) is 0. The van der Waals surface area contributed by atoms with E-state index in [4.69, 9.17) is 5.26 Å². The van der Waals surface area contributed by atoms with Crippen LogP contribution in [0.4, 0.5) is 0 Å². The Kier molecular flexibility index (Phi) is 2.69. The van der Waals surface area contributed by atoms with E-state index in [9.17, 15) is 4.21 Å². The van der Waals surface area contributed by atoms with Gasteiger partial charge < -0.3 is 5.32 Å². The van der Waals surface area contributed by atoms with Gasteiger partial charge in [0.05, 0.1) is 0 Å². The molecule has 0 saturated carbocycles. The minimum Gasteiger partial charge on any atom is -0.321 e. The molecule has 0 atom stereocenters. The smallest absolute Gasteiger partial charge is 0.176 e. The summed E-state index contributed by atoms with van der Waals surface area (Å²) >= 11 is 0. The number of rotatable bonds is 1. The maximum atomic E-state index is 10.8. The molecular weight excluding hydrogens is 148 g/mol. The van der Waals surface area contributed by atoms with E-state index in [0.29, 0.717) is 0 Å². The van der Waals surface area contributed by atoms with Gasteiger partial charge in [-0.3, -0.25) is 4.21 Å². The van der Waals surface area contributed by atoms with Crippen LogP contribution in [0.15, 0.2) is 0 Å². The predicted octanol–water partition coefficient (Wildman–Crippen LogP) is -0.0318. The first-order chi connectivity index (χ1) is 4.83. The summed E-state index contributed by atoms with van der Waals surface area (Å²) in [5, 5.41) is 10.9. The van der Waals surface area contributed by atoms with Crippen LogP contribution in [0.1, 0.15) is 12.8 Å². The monoisotopic (exact) mass is 158 g/mol. The van der Waals surface area contributed by atoms with E-state index in [1.165, 1.54) is 0 Å². The van der Waals surface area contributed by atoms with Crippen LogP contribution >= 0.6 is 0 Å². The molecule has 1 fully saturated rings. The van der Waals surface area contributed by atoms with Crippen LogP contribution in [-0.4, -0.2) is 21.8 Å². The molecule has 0 aromatic carbocycles. The van der Waals surface area contributed by atoms with Crippen LogP contribution in [0.3, 0.4) is 0 Å². The first kappa shape index (κ1) is 7.55. The van der Waals surface area contributed by atoms with Crippen molar-refractivity contribution < 1.29 is 4.21 Å². The van der Waals surface area contributed by atoms with Gasteiger partial charge in [-0.1, -0.05) is 0 Å². The molecule has 0 bridgehead atoms. The Morgan fingerprint density at radius 1 is 1.50 bits per heavy atom. The lowest BCUT2D eigenvalue weighted by Crippen LogP contribution is -2.32. The molecule has 1 heterocycles. The van der Waals surface area contributed by atoms with Crippen LogP contribution in [-0.2, 0) is 10.8 Å². The summed E-state index contributed by atoms with van der Waals surface area (Å²) in [6, 6.07) is 0.280. The van der Waals surface area contributed by atoms with E-state index in [1.54, 1.807) is 0 Å². The second-order valence-electron chi connectivity index (χ2n) is 2.38. The highest BCUT2D eigenvalue weighted by atomic mass is 32.2. The molecule has 0 unspecified atom stereocenters. The van der Waals surface area contributed by atoms with E-state index in [2.05, 4.69) is 5.32 Å². The normalized spacial score (nSPS) is 32.7. The molecule has 0 aromatic rings. The average Bonchev–Trinajstić information content (AvgIpc) is 1.95. The van der Waals surface area contributed by atoms with Gasteiger partial charge in [-0.05, 0) is 12.8 Å². The van der Waals surface area contributed by atoms with Gasteiger partial charge in [0.2, 0.25) is 0 Å². The Morgan fingerprint density at radius 2 is 2.10 bits per heavy atom. The Bertz CT molecular complexity index is 165. The molecule has 3 nitrogen and oxygen atoms in total. The van der Waals surface area contributed by atoms with Gasteiger partial charge in [0.25, 0.3) is 0 Å². The van der Waals surface area contributed by atoms with E-state index < -0.39 is 10.8 Å². The van der Waals surface area contributed by atoms with Crippen LogP contribution in [0, 0.1) is 11.5 Å². The highest BCUT2D eigenvalue weighted by molar-refractivity contribution is 7.85. The maximum Gasteiger partial charge on any atom is 0.176 e. The van der Waals surface area contributed by atoms with Gasteiger partial charge in [0.1, 0.15) is 0 Å². The Labute approximate surface area is 62.9 Å². The molecule has 4 heteroatoms. The van der Waals surface area contributed by atoms with Crippen molar-refractivity contribution in [3.63, 3.8) is 0 Å². The quantitative estimate of drug-likeness (QED) is 0.430. The Morgan fingerprint density at radius 3 is 2.60 bits per heavy atom. The zero-order chi connectivity index (χ0) is 7.40. The van der Waals surface area contributed by atoms with Crippen molar-refractivity contribution in [3.05, 3.63) is 0 Å². The van der Waals surface area contributed by atoms with Crippen molar-refractivity contribution >= 4 is 10.8 Å². The summed E-state index contributed by atoms with van der Waals surface area (Å²) in [6.45, 7) is 0. The Hall–Kier alpha value is -0.560.